The Bertz CT molecular complexity index is 1220. The minimum atomic E-state index is -0.585. The lowest BCUT2D eigenvalue weighted by molar-refractivity contribution is 0.0564. The van der Waals surface area contributed by atoms with Crippen LogP contribution < -0.4 is 5.56 Å². The molecule has 27 heavy (non-hydrogen) atoms. The van der Waals surface area contributed by atoms with E-state index in [1.807, 2.05) is 22.9 Å². The number of carbonyl (C=O) groups is 1. The summed E-state index contributed by atoms with van der Waals surface area (Å²) < 4.78 is 9.94. The number of nitrogens with one attached hydrogen (secondary N) is 1. The number of hydrogen-bond acceptors (Lipinski definition) is 7. The maximum Gasteiger partial charge on any atom is 0.373 e. The van der Waals surface area contributed by atoms with Gasteiger partial charge in [-0.25, -0.2) is 9.78 Å². The van der Waals surface area contributed by atoms with Gasteiger partial charge in [0.05, 0.1) is 17.5 Å². The zero-order valence-corrected chi connectivity index (χ0v) is 16.2. The molecule has 0 radical (unpaired) electrons. The van der Waals surface area contributed by atoms with Gasteiger partial charge in [-0.1, -0.05) is 17.7 Å². The highest BCUT2D eigenvalue weighted by Crippen LogP contribution is 2.34. The van der Waals surface area contributed by atoms with Gasteiger partial charge in [0.15, 0.2) is 5.82 Å². The number of ether oxygens (including phenoxy) is 1. The van der Waals surface area contributed by atoms with Gasteiger partial charge in [-0.05, 0) is 23.6 Å². The molecule has 0 saturated carbocycles. The number of furan rings is 1. The highest BCUT2D eigenvalue weighted by atomic mass is 35.5. The number of fused-ring (bicyclic) bond motifs is 1. The normalized spacial score (nSPS) is 11.9. The number of esters is 1. The van der Waals surface area contributed by atoms with Crippen molar-refractivity contribution in [2.45, 2.75) is 0 Å². The minimum absolute atomic E-state index is 0.0592. The summed E-state index contributed by atoms with van der Waals surface area (Å²) in [4.78, 5) is 32.8. The van der Waals surface area contributed by atoms with Crippen molar-refractivity contribution >= 4 is 61.6 Å². The van der Waals surface area contributed by atoms with Gasteiger partial charge in [-0.3, -0.25) is 4.79 Å². The number of thiophene rings is 2. The number of halogens is 1. The summed E-state index contributed by atoms with van der Waals surface area (Å²) in [5.41, 5.74) is 0.597. The van der Waals surface area contributed by atoms with Crippen LogP contribution in [0, 0.1) is 0 Å². The molecule has 0 spiro atoms. The van der Waals surface area contributed by atoms with E-state index >= 15 is 0 Å². The zero-order chi connectivity index (χ0) is 19.0. The summed E-state index contributed by atoms with van der Waals surface area (Å²) in [6.07, 6.45) is 1.48. The van der Waals surface area contributed by atoms with E-state index in [9.17, 15) is 9.59 Å². The van der Waals surface area contributed by atoms with E-state index in [1.165, 1.54) is 30.6 Å². The number of rotatable bonds is 4. The largest absolute Gasteiger partial charge is 0.463 e. The van der Waals surface area contributed by atoms with Gasteiger partial charge in [0.1, 0.15) is 10.6 Å². The molecule has 1 N–H and O–H groups in total. The number of methoxy groups -OCH3 is 1. The fourth-order valence-corrected chi connectivity index (χ4v) is 4.47. The van der Waals surface area contributed by atoms with Crippen LogP contribution in [0.1, 0.15) is 22.1 Å². The van der Waals surface area contributed by atoms with Crippen LogP contribution in [0.5, 0.6) is 0 Å². The molecular formula is C18H11ClN2O4S2. The molecule has 0 aliphatic rings. The Labute approximate surface area is 165 Å². The van der Waals surface area contributed by atoms with Gasteiger partial charge in [0.2, 0.25) is 5.76 Å². The van der Waals surface area contributed by atoms with Gasteiger partial charge < -0.3 is 14.1 Å². The molecule has 0 unspecified atom stereocenters. The average Bonchev–Trinajstić information content (AvgIpc) is 3.40. The van der Waals surface area contributed by atoms with E-state index in [4.69, 9.17) is 16.0 Å². The smallest absolute Gasteiger partial charge is 0.373 e. The SMILES string of the molecule is COC(=O)c1ccc(C=C(Cl)c2nc3scc(-c4cccs4)c3c(=O)[nH]2)o1. The van der Waals surface area contributed by atoms with E-state index < -0.39 is 5.97 Å². The summed E-state index contributed by atoms with van der Waals surface area (Å²) in [5, 5.41) is 4.60. The van der Waals surface area contributed by atoms with E-state index in [0.717, 1.165) is 10.4 Å². The second kappa shape index (κ2) is 7.15. The summed E-state index contributed by atoms with van der Waals surface area (Å²) in [7, 11) is 1.27. The van der Waals surface area contributed by atoms with Crippen molar-refractivity contribution in [1.29, 1.82) is 0 Å². The lowest BCUT2D eigenvalue weighted by Crippen LogP contribution is -2.09. The summed E-state index contributed by atoms with van der Waals surface area (Å²) >= 11 is 9.24. The second-order valence-corrected chi connectivity index (χ2v) is 7.62. The summed E-state index contributed by atoms with van der Waals surface area (Å²) in [6.45, 7) is 0. The Hall–Kier alpha value is -2.68. The molecule has 0 fully saturated rings. The van der Waals surface area contributed by atoms with Gasteiger partial charge in [0, 0.05) is 21.9 Å². The van der Waals surface area contributed by atoms with Crippen LogP contribution in [0.4, 0.5) is 0 Å². The van der Waals surface area contributed by atoms with Crippen LogP contribution in [0.2, 0.25) is 0 Å². The molecule has 0 aliphatic heterocycles. The number of nitrogens with zero attached hydrogens (tertiary/aromatic N) is 1. The third-order valence-electron chi connectivity index (χ3n) is 3.74. The molecule has 0 aliphatic carbocycles. The third kappa shape index (κ3) is 3.34. The molecule has 0 saturated heterocycles. The highest BCUT2D eigenvalue weighted by molar-refractivity contribution is 7.18. The maximum atomic E-state index is 12.6. The lowest BCUT2D eigenvalue weighted by atomic mass is 10.2. The van der Waals surface area contributed by atoms with E-state index in [2.05, 4.69) is 14.7 Å². The topological polar surface area (TPSA) is 85.2 Å². The Morgan fingerprint density at radius 3 is 2.93 bits per heavy atom. The predicted molar refractivity (Wildman–Crippen MR) is 107 cm³/mol. The molecule has 6 nitrogen and oxygen atoms in total. The molecule has 136 valence electrons. The van der Waals surface area contributed by atoms with Crippen molar-refractivity contribution in [2.24, 2.45) is 0 Å². The van der Waals surface area contributed by atoms with Gasteiger partial charge in [0.25, 0.3) is 5.56 Å². The van der Waals surface area contributed by atoms with Crippen LogP contribution in [-0.4, -0.2) is 23.0 Å². The van der Waals surface area contributed by atoms with Gasteiger partial charge in [-0.15, -0.1) is 22.7 Å². The van der Waals surface area contributed by atoms with Crippen LogP contribution in [-0.2, 0) is 4.74 Å². The van der Waals surface area contributed by atoms with Crippen molar-refractivity contribution in [3.8, 4) is 10.4 Å². The summed E-state index contributed by atoms with van der Waals surface area (Å²) in [6, 6.07) is 6.95. The Morgan fingerprint density at radius 2 is 2.19 bits per heavy atom. The number of hydrogen-bond donors (Lipinski definition) is 1. The first kappa shape index (κ1) is 17.7. The van der Waals surface area contributed by atoms with Gasteiger partial charge in [-0.2, -0.15) is 0 Å². The van der Waals surface area contributed by atoms with E-state index in [-0.39, 0.29) is 22.2 Å². The predicted octanol–water partition coefficient (Wildman–Crippen LogP) is 4.83. The van der Waals surface area contributed by atoms with Crippen LogP contribution in [0.25, 0.3) is 31.8 Å². The fourth-order valence-electron chi connectivity index (χ4n) is 2.51. The lowest BCUT2D eigenvalue weighted by Gasteiger charge is -2.00. The molecule has 0 atom stereocenters. The number of H-pyrrole nitrogens is 1. The number of aromatic amines is 1. The number of aromatic nitrogens is 2. The minimum Gasteiger partial charge on any atom is -0.463 e. The molecule has 0 aromatic carbocycles. The summed E-state index contributed by atoms with van der Waals surface area (Å²) in [5.74, 6) is 0.0424. The van der Waals surface area contributed by atoms with Crippen molar-refractivity contribution in [3.63, 3.8) is 0 Å². The van der Waals surface area contributed by atoms with Crippen molar-refractivity contribution in [1.82, 2.24) is 9.97 Å². The van der Waals surface area contributed by atoms with Crippen molar-refractivity contribution < 1.29 is 13.9 Å². The first-order valence-corrected chi connectivity index (χ1v) is 9.81. The maximum absolute atomic E-state index is 12.6. The molecule has 4 aromatic heterocycles. The third-order valence-corrected chi connectivity index (χ3v) is 5.80. The molecular weight excluding hydrogens is 408 g/mol. The number of carbonyl (C=O) groups excluding carboxylic acids is 1. The molecule has 0 amide bonds. The standard InChI is InChI=1S/C18H11ClN2O4S2/c1-24-18(23)12-5-4-9(25-12)7-11(19)15-20-16(22)14-10(8-27-17(14)21-15)13-3-2-6-26-13/h2-8H,1H3,(H,20,21,22). The van der Waals surface area contributed by atoms with E-state index in [1.54, 1.807) is 17.4 Å². The van der Waals surface area contributed by atoms with Crippen LogP contribution >= 0.6 is 34.3 Å². The zero-order valence-electron chi connectivity index (χ0n) is 13.8. The molecule has 0 bridgehead atoms. The van der Waals surface area contributed by atoms with Crippen molar-refractivity contribution in [3.05, 3.63) is 62.7 Å². The quantitative estimate of drug-likeness (QED) is 0.480. The first-order chi connectivity index (χ1) is 13.1. The fraction of sp³-hybridized carbons (Fsp3) is 0.0556. The Kier molecular flexibility index (Phi) is 4.69. The van der Waals surface area contributed by atoms with Crippen LogP contribution in [0.15, 0.2) is 44.2 Å². The Balaban J connectivity index is 1.73. The molecule has 9 heteroatoms. The van der Waals surface area contributed by atoms with Crippen molar-refractivity contribution in [2.75, 3.05) is 7.11 Å². The molecule has 4 heterocycles. The van der Waals surface area contributed by atoms with E-state index in [0.29, 0.717) is 16.0 Å². The average molecular weight is 419 g/mol. The van der Waals surface area contributed by atoms with Gasteiger partial charge >= 0.3 is 5.97 Å². The first-order valence-electron chi connectivity index (χ1n) is 7.68. The Morgan fingerprint density at radius 1 is 1.33 bits per heavy atom. The molecule has 4 aromatic rings. The second-order valence-electron chi connectivity index (χ2n) is 5.41. The molecule has 4 rings (SSSR count). The highest BCUT2D eigenvalue weighted by Gasteiger charge is 2.15. The van der Waals surface area contributed by atoms with Crippen LogP contribution in [0.3, 0.4) is 0 Å². The monoisotopic (exact) mass is 418 g/mol.